The van der Waals surface area contributed by atoms with E-state index in [0.29, 0.717) is 28.0 Å². The summed E-state index contributed by atoms with van der Waals surface area (Å²) in [6.07, 6.45) is 2.78. The summed E-state index contributed by atoms with van der Waals surface area (Å²) >= 11 is 0. The minimum Gasteiger partial charge on any atom is -0.489 e. The molecule has 1 aromatic heterocycles. The van der Waals surface area contributed by atoms with Gasteiger partial charge in [-0.3, -0.25) is 4.98 Å². The van der Waals surface area contributed by atoms with Gasteiger partial charge >= 0.3 is 0 Å². The van der Waals surface area contributed by atoms with Crippen LogP contribution in [0.5, 0.6) is 5.75 Å². The highest BCUT2D eigenvalue weighted by Gasteiger charge is 2.32. The summed E-state index contributed by atoms with van der Waals surface area (Å²) in [6.45, 7) is 2.35. The molecule has 0 bridgehead atoms. The molecule has 2 aromatic rings. The predicted molar refractivity (Wildman–Crippen MR) is 94.5 cm³/mol. The van der Waals surface area contributed by atoms with Crippen molar-refractivity contribution in [1.82, 2.24) is 9.71 Å². The molecule has 2 N–H and O–H groups in total. The van der Waals surface area contributed by atoms with Gasteiger partial charge in [0.15, 0.2) is 0 Å². The number of nitrogens with zero attached hydrogens (tertiary/aromatic N) is 1. The van der Waals surface area contributed by atoms with Gasteiger partial charge < -0.3 is 9.84 Å². The molecule has 1 atom stereocenters. The first-order chi connectivity index (χ1) is 12.2. The van der Waals surface area contributed by atoms with Crippen molar-refractivity contribution in [3.63, 3.8) is 0 Å². The Kier molecular flexibility index (Phi) is 3.98. The largest absolute Gasteiger partial charge is 0.489 e. The number of aliphatic hydroxyl groups is 1. The van der Waals surface area contributed by atoms with Gasteiger partial charge in [0, 0.05) is 40.7 Å². The van der Waals surface area contributed by atoms with Gasteiger partial charge in [-0.1, -0.05) is 0 Å². The summed E-state index contributed by atoms with van der Waals surface area (Å²) in [5.41, 5.74) is -0.417. The molecule has 0 spiro atoms. The highest BCUT2D eigenvalue weighted by molar-refractivity contribution is 7.89. The normalized spacial score (nSPS) is 20.2. The van der Waals surface area contributed by atoms with E-state index < -0.39 is 21.8 Å². The van der Waals surface area contributed by atoms with Gasteiger partial charge in [0.25, 0.3) is 0 Å². The molecule has 0 radical (unpaired) electrons. The highest BCUT2D eigenvalue weighted by Crippen LogP contribution is 2.44. The monoisotopic (exact) mass is 380 g/mol. The number of pyridine rings is 1. The van der Waals surface area contributed by atoms with E-state index in [1.165, 1.54) is 19.9 Å². The molecule has 0 saturated heterocycles. The first kappa shape index (κ1) is 17.6. The van der Waals surface area contributed by atoms with Crippen molar-refractivity contribution in [2.45, 2.75) is 49.3 Å². The van der Waals surface area contributed by atoms with Gasteiger partial charge in [-0.25, -0.2) is 17.5 Å². The SMILES string of the molecule is CC(C)(F)CNS(=O)(=O)c1cc2c(c3cnc(C4CC4)cc13)OCC2O. The Morgan fingerprint density at radius 3 is 2.73 bits per heavy atom. The topological polar surface area (TPSA) is 88.5 Å². The number of rotatable bonds is 5. The number of ether oxygens (including phenoxy) is 1. The Balaban J connectivity index is 1.89. The van der Waals surface area contributed by atoms with E-state index in [4.69, 9.17) is 4.74 Å². The molecule has 2 aliphatic rings. The first-order valence-electron chi connectivity index (χ1n) is 8.62. The zero-order chi connectivity index (χ0) is 18.7. The number of sulfonamides is 1. The standard InChI is InChI=1S/C18H21FN2O4S/c1-18(2,19)9-21-26(23,24)16-6-12-15(22)8-25-17(12)13-7-20-14(5-11(13)16)10-3-4-10/h5-7,10,15,21-22H,3-4,8-9H2,1-2H3. The van der Waals surface area contributed by atoms with E-state index in [2.05, 4.69) is 9.71 Å². The van der Waals surface area contributed by atoms with Crippen molar-refractivity contribution in [2.75, 3.05) is 13.2 Å². The van der Waals surface area contributed by atoms with Crippen LogP contribution in [0.3, 0.4) is 0 Å². The van der Waals surface area contributed by atoms with E-state index in [9.17, 15) is 17.9 Å². The Labute approximate surface area is 151 Å². The zero-order valence-corrected chi connectivity index (χ0v) is 15.4. The van der Waals surface area contributed by atoms with Gasteiger partial charge in [0.2, 0.25) is 10.0 Å². The number of aromatic nitrogens is 1. The molecule has 0 amide bonds. The molecular weight excluding hydrogens is 359 g/mol. The molecule has 140 valence electrons. The van der Waals surface area contributed by atoms with E-state index in [0.717, 1.165) is 18.5 Å². The van der Waals surface area contributed by atoms with Crippen molar-refractivity contribution in [1.29, 1.82) is 0 Å². The Hall–Kier alpha value is -1.77. The summed E-state index contributed by atoms with van der Waals surface area (Å²) in [5, 5.41) is 11.2. The number of hydrogen-bond acceptors (Lipinski definition) is 5. The third kappa shape index (κ3) is 3.17. The van der Waals surface area contributed by atoms with Crippen molar-refractivity contribution < 1.29 is 22.7 Å². The lowest BCUT2D eigenvalue weighted by Crippen LogP contribution is -2.35. The van der Waals surface area contributed by atoms with Crippen LogP contribution in [0.15, 0.2) is 23.2 Å². The van der Waals surface area contributed by atoms with Crippen LogP contribution in [-0.4, -0.2) is 37.3 Å². The third-order valence-corrected chi connectivity index (χ3v) is 6.14. The minimum absolute atomic E-state index is 0.0179. The van der Waals surface area contributed by atoms with Crippen LogP contribution in [0.4, 0.5) is 4.39 Å². The van der Waals surface area contributed by atoms with Gasteiger partial charge in [-0.05, 0) is 38.8 Å². The molecular formula is C18H21FN2O4S. The maximum Gasteiger partial charge on any atom is 0.241 e. The fraction of sp³-hybridized carbons (Fsp3) is 0.500. The molecule has 1 aliphatic carbocycles. The Morgan fingerprint density at radius 1 is 1.35 bits per heavy atom. The third-order valence-electron chi connectivity index (χ3n) is 4.70. The van der Waals surface area contributed by atoms with Crippen LogP contribution in [-0.2, 0) is 10.0 Å². The summed E-state index contributed by atoms with van der Waals surface area (Å²) in [7, 11) is -3.97. The number of hydrogen-bond donors (Lipinski definition) is 2. The van der Waals surface area contributed by atoms with Gasteiger partial charge in [0.05, 0.1) is 4.90 Å². The molecule has 8 heteroatoms. The second kappa shape index (κ2) is 5.87. The van der Waals surface area contributed by atoms with Gasteiger partial charge in [0.1, 0.15) is 24.1 Å². The summed E-state index contributed by atoms with van der Waals surface area (Å²) in [5.74, 6) is 0.819. The molecule has 6 nitrogen and oxygen atoms in total. The maximum absolute atomic E-state index is 13.8. The molecule has 1 saturated carbocycles. The molecule has 1 fully saturated rings. The van der Waals surface area contributed by atoms with Crippen LogP contribution < -0.4 is 9.46 Å². The highest BCUT2D eigenvalue weighted by atomic mass is 32.2. The van der Waals surface area contributed by atoms with Crippen molar-refractivity contribution in [2.24, 2.45) is 0 Å². The Bertz CT molecular complexity index is 981. The molecule has 4 rings (SSSR count). The van der Waals surface area contributed by atoms with Crippen LogP contribution >= 0.6 is 0 Å². The first-order valence-corrected chi connectivity index (χ1v) is 10.1. The minimum atomic E-state index is -3.97. The van der Waals surface area contributed by atoms with Crippen molar-refractivity contribution in [3.05, 3.63) is 29.6 Å². The summed E-state index contributed by atoms with van der Waals surface area (Å²) in [6, 6.07) is 3.20. The van der Waals surface area contributed by atoms with Gasteiger partial charge in [-0.2, -0.15) is 0 Å². The van der Waals surface area contributed by atoms with E-state index in [1.807, 2.05) is 0 Å². The average Bonchev–Trinajstić information content (AvgIpc) is 3.35. The number of nitrogens with one attached hydrogen (secondary N) is 1. The number of halogens is 1. The lowest BCUT2D eigenvalue weighted by Gasteiger charge is -2.17. The van der Waals surface area contributed by atoms with Gasteiger partial charge in [-0.15, -0.1) is 0 Å². The molecule has 1 aromatic carbocycles. The molecule has 1 aliphatic heterocycles. The number of aliphatic hydroxyl groups excluding tert-OH is 1. The second-order valence-electron chi connectivity index (χ2n) is 7.59. The average molecular weight is 380 g/mol. The number of alkyl halides is 1. The van der Waals surface area contributed by atoms with Crippen molar-refractivity contribution in [3.8, 4) is 5.75 Å². The molecule has 1 unspecified atom stereocenters. The summed E-state index contributed by atoms with van der Waals surface area (Å²) in [4.78, 5) is 4.46. The molecule has 26 heavy (non-hydrogen) atoms. The Morgan fingerprint density at radius 2 is 2.08 bits per heavy atom. The maximum atomic E-state index is 13.8. The predicted octanol–water partition coefficient (Wildman–Crippen LogP) is 2.56. The van der Waals surface area contributed by atoms with Crippen LogP contribution in [0.25, 0.3) is 10.8 Å². The van der Waals surface area contributed by atoms with Crippen molar-refractivity contribution >= 4 is 20.8 Å². The second-order valence-corrected chi connectivity index (χ2v) is 9.33. The smallest absolute Gasteiger partial charge is 0.241 e. The fourth-order valence-corrected chi connectivity index (χ4v) is 4.56. The lowest BCUT2D eigenvalue weighted by molar-refractivity contribution is 0.140. The number of benzene rings is 1. The van der Waals surface area contributed by atoms with Crippen LogP contribution in [0, 0.1) is 0 Å². The zero-order valence-electron chi connectivity index (χ0n) is 14.6. The number of fused-ring (bicyclic) bond motifs is 3. The van der Waals surface area contributed by atoms with E-state index in [1.54, 1.807) is 12.3 Å². The van der Waals surface area contributed by atoms with Crippen LogP contribution in [0.1, 0.15) is 50.0 Å². The quantitative estimate of drug-likeness (QED) is 0.832. The summed E-state index contributed by atoms with van der Waals surface area (Å²) < 4.78 is 47.5. The van der Waals surface area contributed by atoms with E-state index >= 15 is 0 Å². The van der Waals surface area contributed by atoms with E-state index in [-0.39, 0.29) is 18.0 Å². The van der Waals surface area contributed by atoms with Crippen LogP contribution in [0.2, 0.25) is 0 Å². The lowest BCUT2D eigenvalue weighted by atomic mass is 10.0. The fourth-order valence-electron chi connectivity index (χ4n) is 3.13. The molecule has 2 heterocycles.